The van der Waals surface area contributed by atoms with E-state index in [2.05, 4.69) is 26.3 Å². The Balaban J connectivity index is 1.02. The second-order valence-electron chi connectivity index (χ2n) is 12.1. The lowest BCUT2D eigenvalue weighted by Gasteiger charge is -2.36. The lowest BCUT2D eigenvalue weighted by molar-refractivity contribution is -0.252. The summed E-state index contributed by atoms with van der Waals surface area (Å²) in [6.07, 6.45) is 4.41. The standard InChI is InChI=1S/C38H41N5O5/c39-31-8-4-5-9-32(31)42-37(46)13-3-1-2-12-36(45)41-29-20-18-28(19-21-29)38-47-30(23-43-25-40-33-10-6-7-11-34(33)43)22-35(48-38)27-16-14-26(24-44)15-17-27/h4-11,14-21,25,30,35,38,44H,1-3,12-13,22-24,39H2,(H,41,45)(H,42,46). The molecule has 1 aromatic heterocycles. The van der Waals surface area contributed by atoms with Gasteiger partial charge in [-0.15, -0.1) is 0 Å². The van der Waals surface area contributed by atoms with Gasteiger partial charge in [0.1, 0.15) is 0 Å². The van der Waals surface area contributed by atoms with Crippen LogP contribution in [0.3, 0.4) is 0 Å². The first-order valence-electron chi connectivity index (χ1n) is 16.4. The molecule has 1 aliphatic heterocycles. The number of rotatable bonds is 13. The van der Waals surface area contributed by atoms with Gasteiger partial charge in [-0.2, -0.15) is 0 Å². The van der Waals surface area contributed by atoms with Crippen LogP contribution in [0.15, 0.2) is 103 Å². The average molecular weight is 648 g/mol. The van der Waals surface area contributed by atoms with Gasteiger partial charge in [-0.25, -0.2) is 4.98 Å². The second kappa shape index (κ2) is 15.7. The number of benzene rings is 4. The predicted molar refractivity (Wildman–Crippen MR) is 186 cm³/mol. The summed E-state index contributed by atoms with van der Waals surface area (Å²) in [6.45, 7) is 0.604. The lowest BCUT2D eigenvalue weighted by atomic mass is 10.00. The molecule has 0 radical (unpaired) electrons. The quantitative estimate of drug-likeness (QED) is 0.0806. The van der Waals surface area contributed by atoms with Crippen LogP contribution in [-0.4, -0.2) is 32.6 Å². The Labute approximate surface area is 279 Å². The van der Waals surface area contributed by atoms with Crippen molar-refractivity contribution >= 4 is 39.9 Å². The molecule has 0 saturated carbocycles. The molecule has 3 unspecified atom stereocenters. The fraction of sp³-hybridized carbons (Fsp3) is 0.289. The third-order valence-corrected chi connectivity index (χ3v) is 8.55. The van der Waals surface area contributed by atoms with Crippen LogP contribution in [0.5, 0.6) is 0 Å². The Morgan fingerprint density at radius 3 is 2.25 bits per heavy atom. The third kappa shape index (κ3) is 8.46. The minimum Gasteiger partial charge on any atom is -0.397 e. The normalized spacial score (nSPS) is 17.6. The molecule has 248 valence electrons. The maximum Gasteiger partial charge on any atom is 0.224 e. The highest BCUT2D eigenvalue weighted by Crippen LogP contribution is 2.39. The van der Waals surface area contributed by atoms with Gasteiger partial charge in [0.2, 0.25) is 11.8 Å². The highest BCUT2D eigenvalue weighted by Gasteiger charge is 2.32. The Kier molecular flexibility index (Phi) is 10.8. The smallest absolute Gasteiger partial charge is 0.224 e. The molecule has 0 aliphatic carbocycles. The van der Waals surface area contributed by atoms with Gasteiger partial charge in [0.05, 0.1) is 54.1 Å². The van der Waals surface area contributed by atoms with E-state index in [1.54, 1.807) is 12.1 Å². The number of hydrogen-bond acceptors (Lipinski definition) is 7. The van der Waals surface area contributed by atoms with Crippen molar-refractivity contribution < 1.29 is 24.2 Å². The third-order valence-electron chi connectivity index (χ3n) is 8.55. The molecule has 48 heavy (non-hydrogen) atoms. The summed E-state index contributed by atoms with van der Waals surface area (Å²) in [5, 5.41) is 15.3. The van der Waals surface area contributed by atoms with Crippen molar-refractivity contribution in [3.05, 3.63) is 120 Å². The number of nitrogens with zero attached hydrogens (tertiary/aromatic N) is 2. The number of ether oxygens (including phenoxy) is 2. The molecule has 3 atom stereocenters. The van der Waals surface area contributed by atoms with E-state index in [9.17, 15) is 14.7 Å². The van der Waals surface area contributed by atoms with Crippen molar-refractivity contribution in [1.82, 2.24) is 9.55 Å². The predicted octanol–water partition coefficient (Wildman–Crippen LogP) is 6.88. The summed E-state index contributed by atoms with van der Waals surface area (Å²) < 4.78 is 15.1. The summed E-state index contributed by atoms with van der Waals surface area (Å²) in [7, 11) is 0. The van der Waals surface area contributed by atoms with Gasteiger partial charge in [0.15, 0.2) is 6.29 Å². The number of hydrogen-bond donors (Lipinski definition) is 4. The number of aromatic nitrogens is 2. The zero-order valence-corrected chi connectivity index (χ0v) is 26.8. The lowest BCUT2D eigenvalue weighted by Crippen LogP contribution is -2.32. The van der Waals surface area contributed by atoms with Crippen LogP contribution in [-0.2, 0) is 32.2 Å². The van der Waals surface area contributed by atoms with E-state index in [-0.39, 0.29) is 30.6 Å². The van der Waals surface area contributed by atoms with Crippen molar-refractivity contribution in [3.63, 3.8) is 0 Å². The van der Waals surface area contributed by atoms with Crippen molar-refractivity contribution in [2.24, 2.45) is 0 Å². The maximum absolute atomic E-state index is 12.6. The Morgan fingerprint density at radius 2 is 1.50 bits per heavy atom. The average Bonchev–Trinajstić information content (AvgIpc) is 3.52. The zero-order chi connectivity index (χ0) is 33.3. The van der Waals surface area contributed by atoms with Crippen LogP contribution >= 0.6 is 0 Å². The Bertz CT molecular complexity index is 1820. The van der Waals surface area contributed by atoms with Crippen LogP contribution < -0.4 is 16.4 Å². The van der Waals surface area contributed by atoms with Crippen molar-refractivity contribution in [2.75, 3.05) is 16.4 Å². The van der Waals surface area contributed by atoms with Crippen molar-refractivity contribution in [1.29, 1.82) is 0 Å². The Hall–Kier alpha value is -5.03. The molecule has 0 bridgehead atoms. The van der Waals surface area contributed by atoms with Crippen LogP contribution in [0.25, 0.3) is 11.0 Å². The molecular weight excluding hydrogens is 606 g/mol. The van der Waals surface area contributed by atoms with E-state index in [0.717, 1.165) is 34.1 Å². The van der Waals surface area contributed by atoms with Crippen LogP contribution in [0, 0.1) is 0 Å². The number of nitrogens with one attached hydrogen (secondary N) is 2. The molecule has 1 aliphatic rings. The topological polar surface area (TPSA) is 141 Å². The molecular formula is C38H41N5O5. The molecule has 5 aromatic rings. The number of anilines is 3. The largest absolute Gasteiger partial charge is 0.397 e. The van der Waals surface area contributed by atoms with Crippen molar-refractivity contribution in [3.8, 4) is 0 Å². The summed E-state index contributed by atoms with van der Waals surface area (Å²) in [5.74, 6) is -0.163. The minimum atomic E-state index is -0.610. The first-order valence-corrected chi connectivity index (χ1v) is 16.4. The summed E-state index contributed by atoms with van der Waals surface area (Å²) in [5.41, 5.74) is 12.4. The van der Waals surface area contributed by atoms with E-state index < -0.39 is 6.29 Å². The van der Waals surface area contributed by atoms with Gasteiger partial charge in [0.25, 0.3) is 0 Å². The highest BCUT2D eigenvalue weighted by molar-refractivity contribution is 5.93. The number of amides is 2. The number of imidazole rings is 1. The summed E-state index contributed by atoms with van der Waals surface area (Å²) in [6, 6.07) is 30.6. The summed E-state index contributed by atoms with van der Waals surface area (Å²) in [4.78, 5) is 29.4. The van der Waals surface area contributed by atoms with Crippen LogP contribution in [0.2, 0.25) is 0 Å². The van der Waals surface area contributed by atoms with E-state index in [4.69, 9.17) is 15.2 Å². The first kappa shape index (κ1) is 32.9. The molecule has 10 heteroatoms. The molecule has 5 N–H and O–H groups in total. The number of fused-ring (bicyclic) bond motifs is 1. The van der Waals surface area contributed by atoms with E-state index in [0.29, 0.717) is 55.7 Å². The minimum absolute atomic E-state index is 0.0130. The number of para-hydroxylation sites is 4. The summed E-state index contributed by atoms with van der Waals surface area (Å²) >= 11 is 0. The number of aliphatic hydroxyl groups excluding tert-OH is 1. The van der Waals surface area contributed by atoms with Gasteiger partial charge in [-0.3, -0.25) is 9.59 Å². The van der Waals surface area contributed by atoms with Gasteiger partial charge in [-0.1, -0.05) is 67.1 Å². The van der Waals surface area contributed by atoms with Crippen LogP contribution in [0.1, 0.15) is 67.6 Å². The van der Waals surface area contributed by atoms with E-state index >= 15 is 0 Å². The Morgan fingerprint density at radius 1 is 0.812 bits per heavy atom. The number of aliphatic hydroxyl groups is 1. The number of nitrogen functional groups attached to an aromatic ring is 1. The molecule has 6 rings (SSSR count). The molecule has 0 spiro atoms. The number of nitrogens with two attached hydrogens (primary N) is 1. The number of unbranched alkanes of at least 4 members (excludes halogenated alkanes) is 2. The molecule has 2 heterocycles. The van der Waals surface area contributed by atoms with Crippen molar-refractivity contribution in [2.45, 2.75) is 70.2 Å². The second-order valence-corrected chi connectivity index (χ2v) is 12.1. The maximum atomic E-state index is 12.6. The van der Waals surface area contributed by atoms with Gasteiger partial charge in [0, 0.05) is 30.5 Å². The monoisotopic (exact) mass is 647 g/mol. The zero-order valence-electron chi connectivity index (χ0n) is 26.8. The molecule has 1 saturated heterocycles. The van der Waals surface area contributed by atoms with Gasteiger partial charge >= 0.3 is 0 Å². The number of carbonyl (C=O) groups is 2. The van der Waals surface area contributed by atoms with Gasteiger partial charge in [-0.05, 0) is 60.4 Å². The highest BCUT2D eigenvalue weighted by atomic mass is 16.7. The van der Waals surface area contributed by atoms with E-state index in [1.165, 1.54) is 0 Å². The van der Waals surface area contributed by atoms with Gasteiger partial charge < -0.3 is 35.5 Å². The van der Waals surface area contributed by atoms with E-state index in [1.807, 2.05) is 85.2 Å². The number of carbonyl (C=O) groups excluding carboxylic acids is 2. The van der Waals surface area contributed by atoms with Crippen LogP contribution in [0.4, 0.5) is 17.1 Å². The first-order chi connectivity index (χ1) is 23.4. The molecule has 10 nitrogen and oxygen atoms in total. The fourth-order valence-corrected chi connectivity index (χ4v) is 5.93. The SMILES string of the molecule is Nc1ccccc1NC(=O)CCCCCC(=O)Nc1ccc(C2OC(Cn3cnc4ccccc43)CC(c3ccc(CO)cc3)O2)cc1. The molecule has 4 aromatic carbocycles. The molecule has 1 fully saturated rings. The fourth-order valence-electron chi connectivity index (χ4n) is 5.93. The molecule has 2 amide bonds.